The molecule has 3 aromatic heterocycles. The molecular formula is C17H14N6O. The smallest absolute Gasteiger partial charge is 0.245 e. The van der Waals surface area contributed by atoms with Gasteiger partial charge in [0.15, 0.2) is 5.82 Å². The van der Waals surface area contributed by atoms with Gasteiger partial charge in [-0.3, -0.25) is 4.79 Å². The fourth-order valence-electron chi connectivity index (χ4n) is 2.56. The van der Waals surface area contributed by atoms with Gasteiger partial charge in [0.2, 0.25) is 5.91 Å². The molecule has 1 amide bonds. The summed E-state index contributed by atoms with van der Waals surface area (Å²) in [6, 6.07) is 13.4. The molecule has 4 aromatic rings. The number of anilines is 1. The minimum Gasteiger partial charge on any atom is -0.338 e. The first-order valence-electron chi connectivity index (χ1n) is 7.45. The number of nitrogens with one attached hydrogen (secondary N) is 1. The molecule has 0 aliphatic heterocycles. The van der Waals surface area contributed by atoms with Crippen LogP contribution >= 0.6 is 0 Å². The van der Waals surface area contributed by atoms with Crippen LogP contribution in [0.4, 0.5) is 5.82 Å². The van der Waals surface area contributed by atoms with Crippen molar-refractivity contribution in [2.45, 2.75) is 6.54 Å². The largest absolute Gasteiger partial charge is 0.338 e. The van der Waals surface area contributed by atoms with Crippen molar-refractivity contribution in [2.24, 2.45) is 0 Å². The summed E-state index contributed by atoms with van der Waals surface area (Å²) in [4.78, 5) is 20.5. The van der Waals surface area contributed by atoms with Crippen molar-refractivity contribution in [1.82, 2.24) is 24.3 Å². The predicted molar refractivity (Wildman–Crippen MR) is 89.7 cm³/mol. The second-order valence-electron chi connectivity index (χ2n) is 5.26. The Labute approximate surface area is 137 Å². The third kappa shape index (κ3) is 2.74. The number of benzene rings is 1. The first-order valence-corrected chi connectivity index (χ1v) is 7.45. The maximum absolute atomic E-state index is 12.3. The van der Waals surface area contributed by atoms with Crippen molar-refractivity contribution in [2.75, 3.05) is 5.32 Å². The van der Waals surface area contributed by atoms with Gasteiger partial charge in [-0.05, 0) is 23.6 Å². The zero-order valence-corrected chi connectivity index (χ0v) is 12.7. The van der Waals surface area contributed by atoms with E-state index in [-0.39, 0.29) is 12.5 Å². The summed E-state index contributed by atoms with van der Waals surface area (Å²) in [5.74, 6) is 0.884. The number of carbonyl (C=O) groups is 1. The normalized spacial score (nSPS) is 10.8. The van der Waals surface area contributed by atoms with E-state index in [2.05, 4.69) is 20.4 Å². The number of hydrogen-bond donors (Lipinski definition) is 1. The first-order chi connectivity index (χ1) is 11.8. The second kappa shape index (κ2) is 5.96. The standard InChI is InChI=1S/C17H14N6O/c24-17(11-22-9-6-13-4-1-2-5-14(13)22)21-15-10-16(19-12-18-15)23-8-3-7-20-23/h1-10,12H,11H2,(H,18,19,21,24). The number of rotatable bonds is 4. The van der Waals surface area contributed by atoms with Gasteiger partial charge in [-0.2, -0.15) is 5.10 Å². The van der Waals surface area contributed by atoms with E-state index in [0.29, 0.717) is 11.6 Å². The van der Waals surface area contributed by atoms with Gasteiger partial charge in [0, 0.05) is 30.2 Å². The molecule has 0 atom stereocenters. The predicted octanol–water partition coefficient (Wildman–Crippen LogP) is 2.26. The van der Waals surface area contributed by atoms with Crippen LogP contribution in [0.5, 0.6) is 0 Å². The quantitative estimate of drug-likeness (QED) is 0.626. The molecule has 0 spiro atoms. The van der Waals surface area contributed by atoms with E-state index in [0.717, 1.165) is 10.9 Å². The van der Waals surface area contributed by atoms with E-state index in [1.54, 1.807) is 29.2 Å². The van der Waals surface area contributed by atoms with Crippen LogP contribution in [-0.4, -0.2) is 30.2 Å². The monoisotopic (exact) mass is 318 g/mol. The molecular weight excluding hydrogens is 304 g/mol. The highest BCUT2D eigenvalue weighted by Gasteiger charge is 2.08. The molecule has 0 unspecified atom stereocenters. The molecule has 7 nitrogen and oxygen atoms in total. The molecule has 1 aromatic carbocycles. The third-order valence-corrected chi connectivity index (χ3v) is 3.65. The second-order valence-corrected chi connectivity index (χ2v) is 5.26. The Balaban J connectivity index is 1.51. The van der Waals surface area contributed by atoms with Gasteiger partial charge < -0.3 is 9.88 Å². The Morgan fingerprint density at radius 1 is 1.08 bits per heavy atom. The van der Waals surface area contributed by atoms with E-state index in [4.69, 9.17) is 0 Å². The highest BCUT2D eigenvalue weighted by molar-refractivity contribution is 5.91. The van der Waals surface area contributed by atoms with Crippen molar-refractivity contribution in [3.63, 3.8) is 0 Å². The van der Waals surface area contributed by atoms with Gasteiger partial charge >= 0.3 is 0 Å². The van der Waals surface area contributed by atoms with Crippen LogP contribution in [0.25, 0.3) is 16.7 Å². The minimum atomic E-state index is -0.151. The Bertz CT molecular complexity index is 989. The zero-order valence-electron chi connectivity index (χ0n) is 12.7. The topological polar surface area (TPSA) is 77.6 Å². The van der Waals surface area contributed by atoms with Crippen molar-refractivity contribution < 1.29 is 4.79 Å². The Hall–Kier alpha value is -3.48. The molecule has 0 aliphatic carbocycles. The summed E-state index contributed by atoms with van der Waals surface area (Å²) in [7, 11) is 0. The van der Waals surface area contributed by atoms with Gasteiger partial charge in [0.25, 0.3) is 0 Å². The van der Waals surface area contributed by atoms with Crippen LogP contribution in [0.2, 0.25) is 0 Å². The molecule has 3 heterocycles. The van der Waals surface area contributed by atoms with Crippen molar-refractivity contribution in [3.8, 4) is 5.82 Å². The molecule has 4 rings (SSSR count). The summed E-state index contributed by atoms with van der Waals surface area (Å²) < 4.78 is 3.51. The van der Waals surface area contributed by atoms with Crippen LogP contribution in [0, 0.1) is 0 Å². The summed E-state index contributed by atoms with van der Waals surface area (Å²) in [6.07, 6.45) is 6.74. The molecule has 0 saturated carbocycles. The van der Waals surface area contributed by atoms with Crippen molar-refractivity contribution in [3.05, 3.63) is 67.4 Å². The molecule has 1 N–H and O–H groups in total. The van der Waals surface area contributed by atoms with E-state index in [1.807, 2.05) is 41.1 Å². The van der Waals surface area contributed by atoms with Gasteiger partial charge in [0.05, 0.1) is 0 Å². The molecule has 0 radical (unpaired) electrons. The number of carbonyl (C=O) groups excluding carboxylic acids is 1. The van der Waals surface area contributed by atoms with Crippen LogP contribution < -0.4 is 5.32 Å². The van der Waals surface area contributed by atoms with E-state index in [9.17, 15) is 4.79 Å². The molecule has 24 heavy (non-hydrogen) atoms. The van der Waals surface area contributed by atoms with Gasteiger partial charge in [-0.25, -0.2) is 14.6 Å². The first kappa shape index (κ1) is 14.1. The SMILES string of the molecule is O=C(Cn1ccc2ccccc21)Nc1cc(-n2cccn2)ncn1. The maximum Gasteiger partial charge on any atom is 0.245 e. The lowest BCUT2D eigenvalue weighted by Gasteiger charge is -2.08. The van der Waals surface area contributed by atoms with Gasteiger partial charge in [-0.1, -0.05) is 18.2 Å². The zero-order chi connectivity index (χ0) is 16.4. The summed E-state index contributed by atoms with van der Waals surface area (Å²) in [5.41, 5.74) is 1.02. The van der Waals surface area contributed by atoms with E-state index < -0.39 is 0 Å². The van der Waals surface area contributed by atoms with Crippen LogP contribution in [0.15, 0.2) is 67.4 Å². The van der Waals surface area contributed by atoms with Gasteiger partial charge in [0.1, 0.15) is 18.7 Å². The van der Waals surface area contributed by atoms with Crippen molar-refractivity contribution in [1.29, 1.82) is 0 Å². The molecule has 0 fully saturated rings. The number of aromatic nitrogens is 5. The average molecular weight is 318 g/mol. The molecule has 0 bridgehead atoms. The van der Waals surface area contributed by atoms with Crippen LogP contribution in [-0.2, 0) is 11.3 Å². The fraction of sp³-hybridized carbons (Fsp3) is 0.0588. The summed E-state index contributed by atoms with van der Waals surface area (Å²) >= 11 is 0. The summed E-state index contributed by atoms with van der Waals surface area (Å²) in [5, 5.41) is 8.01. The average Bonchev–Trinajstić information content (AvgIpc) is 3.26. The van der Waals surface area contributed by atoms with Gasteiger partial charge in [-0.15, -0.1) is 0 Å². The molecule has 7 heteroatoms. The van der Waals surface area contributed by atoms with Crippen molar-refractivity contribution >= 4 is 22.6 Å². The number of hydrogen-bond acceptors (Lipinski definition) is 4. The molecule has 0 saturated heterocycles. The maximum atomic E-state index is 12.3. The Morgan fingerprint density at radius 3 is 2.88 bits per heavy atom. The Morgan fingerprint density at radius 2 is 2.00 bits per heavy atom. The molecule has 0 aliphatic rings. The fourth-order valence-corrected chi connectivity index (χ4v) is 2.56. The van der Waals surface area contributed by atoms with E-state index >= 15 is 0 Å². The summed E-state index contributed by atoms with van der Waals surface area (Å²) in [6.45, 7) is 0.217. The number of amides is 1. The number of fused-ring (bicyclic) bond motifs is 1. The minimum absolute atomic E-state index is 0.151. The van der Waals surface area contributed by atoms with E-state index in [1.165, 1.54) is 6.33 Å². The number of nitrogens with zero attached hydrogens (tertiary/aromatic N) is 5. The van der Waals surface area contributed by atoms with Crippen LogP contribution in [0.1, 0.15) is 0 Å². The highest BCUT2D eigenvalue weighted by atomic mass is 16.2. The lowest BCUT2D eigenvalue weighted by atomic mass is 10.2. The number of para-hydroxylation sites is 1. The van der Waals surface area contributed by atoms with Crippen LogP contribution in [0.3, 0.4) is 0 Å². The lowest BCUT2D eigenvalue weighted by Crippen LogP contribution is -2.19. The lowest BCUT2D eigenvalue weighted by molar-refractivity contribution is -0.116. The Kier molecular flexibility index (Phi) is 3.51. The third-order valence-electron chi connectivity index (χ3n) is 3.65. The highest BCUT2D eigenvalue weighted by Crippen LogP contribution is 2.15. The molecule has 118 valence electrons.